The van der Waals surface area contributed by atoms with Gasteiger partial charge in [-0.3, -0.25) is 24.0 Å². The van der Waals surface area contributed by atoms with Gasteiger partial charge in [-0.05, 0) is 30.9 Å². The lowest BCUT2D eigenvalue weighted by Gasteiger charge is -2.29. The van der Waals surface area contributed by atoms with Gasteiger partial charge >= 0.3 is 0 Å². The lowest BCUT2D eigenvalue weighted by molar-refractivity contribution is -0.134. The van der Waals surface area contributed by atoms with Crippen LogP contribution in [0.3, 0.4) is 0 Å². The first-order valence-electron chi connectivity index (χ1n) is 11.3. The lowest BCUT2D eigenvalue weighted by Crippen LogP contribution is -2.39. The average Bonchev–Trinajstić information content (AvgIpc) is 3.17. The normalized spacial score (nSPS) is 15.9. The molecule has 9 nitrogen and oxygen atoms in total. The Bertz CT molecular complexity index is 981. The maximum atomic E-state index is 13.1. The summed E-state index contributed by atoms with van der Waals surface area (Å²) in [5.74, 6) is -0.278. The number of piperidine rings is 1. The number of hydrogen-bond acceptors (Lipinski definition) is 5. The maximum Gasteiger partial charge on any atom is 0.274 e. The van der Waals surface area contributed by atoms with E-state index in [0.717, 1.165) is 49.2 Å². The van der Waals surface area contributed by atoms with Crippen LogP contribution >= 0.6 is 0 Å². The molecule has 0 bridgehead atoms. The minimum atomic E-state index is -0.165. The molecule has 4 rings (SSSR count). The third-order valence-corrected chi connectivity index (χ3v) is 6.22. The molecule has 0 saturated carbocycles. The van der Waals surface area contributed by atoms with E-state index in [0.29, 0.717) is 31.7 Å². The fourth-order valence-electron chi connectivity index (χ4n) is 4.39. The van der Waals surface area contributed by atoms with Gasteiger partial charge in [0.15, 0.2) is 5.69 Å². The zero-order valence-corrected chi connectivity index (χ0v) is 18.5. The summed E-state index contributed by atoms with van der Waals surface area (Å²) in [6, 6.07) is 3.71. The van der Waals surface area contributed by atoms with Gasteiger partial charge in [-0.2, -0.15) is 5.10 Å². The van der Waals surface area contributed by atoms with Crippen molar-refractivity contribution in [1.29, 1.82) is 0 Å². The molecule has 32 heavy (non-hydrogen) atoms. The number of aromatic nitrogens is 3. The predicted molar refractivity (Wildman–Crippen MR) is 117 cm³/mol. The summed E-state index contributed by atoms with van der Waals surface area (Å²) < 4.78 is 1.78. The van der Waals surface area contributed by atoms with Crippen LogP contribution in [-0.2, 0) is 36.1 Å². The van der Waals surface area contributed by atoms with Crippen LogP contribution in [0.2, 0.25) is 0 Å². The van der Waals surface area contributed by atoms with Gasteiger partial charge in [-0.1, -0.05) is 6.07 Å². The number of nitrogens with one attached hydrogen (secondary N) is 1. The fourth-order valence-corrected chi connectivity index (χ4v) is 4.39. The number of rotatable bonds is 6. The molecule has 2 aliphatic rings. The molecule has 0 aromatic carbocycles. The molecule has 4 heterocycles. The number of amides is 3. The highest BCUT2D eigenvalue weighted by Gasteiger charge is 2.31. The van der Waals surface area contributed by atoms with Crippen LogP contribution < -0.4 is 5.32 Å². The van der Waals surface area contributed by atoms with Crippen LogP contribution in [0.25, 0.3) is 0 Å². The van der Waals surface area contributed by atoms with E-state index in [1.165, 1.54) is 0 Å². The number of pyridine rings is 1. The minimum absolute atomic E-state index is 0.0365. The van der Waals surface area contributed by atoms with Crippen molar-refractivity contribution in [2.75, 3.05) is 19.6 Å². The number of aryl methyl sites for hydroxylation is 1. The van der Waals surface area contributed by atoms with Gasteiger partial charge in [0.2, 0.25) is 11.8 Å². The van der Waals surface area contributed by atoms with E-state index in [9.17, 15) is 14.4 Å². The molecule has 2 aliphatic heterocycles. The first-order chi connectivity index (χ1) is 15.5. The molecule has 0 aliphatic carbocycles. The molecule has 1 saturated heterocycles. The van der Waals surface area contributed by atoms with Gasteiger partial charge in [0.1, 0.15) is 0 Å². The number of nitrogens with zero attached hydrogens (tertiary/aromatic N) is 5. The van der Waals surface area contributed by atoms with Crippen molar-refractivity contribution in [3.63, 3.8) is 0 Å². The monoisotopic (exact) mass is 438 g/mol. The van der Waals surface area contributed by atoms with Gasteiger partial charge in [0.25, 0.3) is 5.91 Å². The fraction of sp³-hybridized carbons (Fsp3) is 0.522. The van der Waals surface area contributed by atoms with Crippen LogP contribution in [0.5, 0.6) is 0 Å². The number of carbonyl (C=O) groups is 3. The number of carbonyl (C=O) groups excluding carboxylic acids is 3. The second-order valence-corrected chi connectivity index (χ2v) is 8.45. The molecule has 0 atom stereocenters. The summed E-state index contributed by atoms with van der Waals surface area (Å²) in [7, 11) is 1.86. The molecule has 0 spiro atoms. The van der Waals surface area contributed by atoms with Gasteiger partial charge in [-0.15, -0.1) is 0 Å². The molecule has 3 amide bonds. The molecule has 0 radical (unpaired) electrons. The third-order valence-electron chi connectivity index (χ3n) is 6.22. The summed E-state index contributed by atoms with van der Waals surface area (Å²) in [5, 5.41) is 7.33. The first-order valence-corrected chi connectivity index (χ1v) is 11.3. The number of hydrogen-bond donors (Lipinski definition) is 1. The highest BCUT2D eigenvalue weighted by atomic mass is 16.2. The van der Waals surface area contributed by atoms with E-state index in [1.807, 2.05) is 24.1 Å². The summed E-state index contributed by atoms with van der Waals surface area (Å²) in [4.78, 5) is 45.6. The van der Waals surface area contributed by atoms with Crippen molar-refractivity contribution in [2.24, 2.45) is 7.05 Å². The molecular formula is C23H30N6O3. The van der Waals surface area contributed by atoms with Crippen LogP contribution in [0.1, 0.15) is 59.4 Å². The van der Waals surface area contributed by atoms with Crippen molar-refractivity contribution in [2.45, 2.75) is 51.6 Å². The van der Waals surface area contributed by atoms with Gasteiger partial charge in [0.05, 0.1) is 0 Å². The Morgan fingerprint density at radius 2 is 1.88 bits per heavy atom. The quantitative estimate of drug-likeness (QED) is 0.735. The van der Waals surface area contributed by atoms with E-state index in [4.69, 9.17) is 0 Å². The predicted octanol–water partition coefficient (Wildman–Crippen LogP) is 1.42. The van der Waals surface area contributed by atoms with Crippen molar-refractivity contribution in [3.8, 4) is 0 Å². The van der Waals surface area contributed by atoms with Gasteiger partial charge < -0.3 is 15.1 Å². The second kappa shape index (κ2) is 9.93. The van der Waals surface area contributed by atoms with Crippen molar-refractivity contribution in [1.82, 2.24) is 29.9 Å². The molecular weight excluding hydrogens is 408 g/mol. The van der Waals surface area contributed by atoms with E-state index in [2.05, 4.69) is 15.4 Å². The van der Waals surface area contributed by atoms with Crippen molar-refractivity contribution < 1.29 is 14.4 Å². The summed E-state index contributed by atoms with van der Waals surface area (Å²) in [6.45, 7) is 2.86. The molecule has 170 valence electrons. The van der Waals surface area contributed by atoms with Crippen molar-refractivity contribution >= 4 is 17.7 Å². The Morgan fingerprint density at radius 1 is 1.06 bits per heavy atom. The van der Waals surface area contributed by atoms with Crippen LogP contribution in [0.4, 0.5) is 0 Å². The third kappa shape index (κ3) is 4.98. The number of fused-ring (bicyclic) bond motifs is 1. The molecule has 2 aromatic rings. The highest BCUT2D eigenvalue weighted by Crippen LogP contribution is 2.25. The van der Waals surface area contributed by atoms with E-state index >= 15 is 0 Å². The Balaban J connectivity index is 1.33. The molecule has 0 unspecified atom stereocenters. The molecule has 1 N–H and O–H groups in total. The Labute approximate surface area is 187 Å². The van der Waals surface area contributed by atoms with Crippen LogP contribution in [0, 0.1) is 0 Å². The van der Waals surface area contributed by atoms with Crippen LogP contribution in [-0.4, -0.2) is 61.9 Å². The number of likely N-dealkylation sites (tertiary alicyclic amines) is 1. The topological polar surface area (TPSA) is 100 Å². The summed E-state index contributed by atoms with van der Waals surface area (Å²) in [5.41, 5.74) is 3.25. The molecule has 2 aromatic heterocycles. The van der Waals surface area contributed by atoms with Gasteiger partial charge in [-0.25, -0.2) is 0 Å². The SMILES string of the molecule is Cn1nc(C(=O)N2CCCCC2)c2c1CCN(C(=O)CCC(=O)NCc1cccnc1)C2. The Kier molecular flexibility index (Phi) is 6.82. The average molecular weight is 439 g/mol. The summed E-state index contributed by atoms with van der Waals surface area (Å²) >= 11 is 0. The first kappa shape index (κ1) is 22.0. The van der Waals surface area contributed by atoms with Crippen LogP contribution in [0.15, 0.2) is 24.5 Å². The van der Waals surface area contributed by atoms with Crippen molar-refractivity contribution in [3.05, 3.63) is 47.0 Å². The Morgan fingerprint density at radius 3 is 2.62 bits per heavy atom. The zero-order chi connectivity index (χ0) is 22.5. The second-order valence-electron chi connectivity index (χ2n) is 8.45. The zero-order valence-electron chi connectivity index (χ0n) is 18.5. The Hall–Kier alpha value is -3.23. The highest BCUT2D eigenvalue weighted by molar-refractivity contribution is 5.94. The largest absolute Gasteiger partial charge is 0.352 e. The van der Waals surface area contributed by atoms with E-state index in [-0.39, 0.29) is 30.6 Å². The molecule has 1 fully saturated rings. The summed E-state index contributed by atoms with van der Waals surface area (Å²) in [6.07, 6.45) is 7.52. The minimum Gasteiger partial charge on any atom is -0.352 e. The smallest absolute Gasteiger partial charge is 0.274 e. The lowest BCUT2D eigenvalue weighted by atomic mass is 10.0. The van der Waals surface area contributed by atoms with Gasteiger partial charge in [0, 0.05) is 82.7 Å². The maximum absolute atomic E-state index is 13.1. The standard InChI is InChI=1S/C23H30N6O3/c1-27-19-9-13-29(16-18(19)22(26-27)23(32)28-11-3-2-4-12-28)21(31)8-7-20(30)25-15-17-6-5-10-24-14-17/h5-6,10,14H,2-4,7-9,11-13,15-16H2,1H3,(H,25,30). The molecule has 9 heteroatoms. The van der Waals surface area contributed by atoms with E-state index < -0.39 is 0 Å². The van der Waals surface area contributed by atoms with E-state index in [1.54, 1.807) is 22.0 Å².